The van der Waals surface area contributed by atoms with Crippen molar-refractivity contribution in [3.05, 3.63) is 23.8 Å². The van der Waals surface area contributed by atoms with Crippen LogP contribution in [0.4, 0.5) is 0 Å². The maximum atomic E-state index is 2.43. The summed E-state index contributed by atoms with van der Waals surface area (Å²) in [5, 5.41) is 0. The summed E-state index contributed by atoms with van der Waals surface area (Å²) in [4.78, 5) is 0. The summed E-state index contributed by atoms with van der Waals surface area (Å²) in [6.07, 6.45) is 9.69. The highest BCUT2D eigenvalue weighted by Crippen LogP contribution is 2.43. The molecule has 0 fully saturated rings. The molecular weight excluding hydrogens is 168 g/mol. The Hall–Kier alpha value is -0.520. The van der Waals surface area contributed by atoms with Gasteiger partial charge >= 0.3 is 0 Å². The summed E-state index contributed by atoms with van der Waals surface area (Å²) in [6.45, 7) is 11.5. The first-order valence-corrected chi connectivity index (χ1v) is 5.84. The maximum Gasteiger partial charge on any atom is -0.00817 e. The highest BCUT2D eigenvalue weighted by atomic mass is 14.4. The van der Waals surface area contributed by atoms with Crippen LogP contribution in [0, 0.1) is 17.3 Å². The predicted molar refractivity (Wildman–Crippen MR) is 64.2 cm³/mol. The van der Waals surface area contributed by atoms with E-state index in [0.29, 0.717) is 5.41 Å². The number of hydrogen-bond acceptors (Lipinski definition) is 0. The molecular formula is C14H24. The smallest absolute Gasteiger partial charge is 0.00817 e. The minimum atomic E-state index is 0.379. The molecule has 0 saturated heterocycles. The van der Waals surface area contributed by atoms with Crippen LogP contribution in [0.2, 0.25) is 0 Å². The molecule has 0 bridgehead atoms. The molecule has 0 aromatic heterocycles. The van der Waals surface area contributed by atoms with E-state index in [1.807, 2.05) is 0 Å². The van der Waals surface area contributed by atoms with Gasteiger partial charge in [-0.15, -0.1) is 0 Å². The fourth-order valence-electron chi connectivity index (χ4n) is 1.93. The summed E-state index contributed by atoms with van der Waals surface area (Å²) in [5.74, 6) is 1.45. The average molecular weight is 192 g/mol. The van der Waals surface area contributed by atoms with E-state index in [0.717, 1.165) is 11.8 Å². The first-order chi connectivity index (χ1) is 6.48. The molecule has 0 saturated carbocycles. The van der Waals surface area contributed by atoms with Gasteiger partial charge in [-0.05, 0) is 30.6 Å². The van der Waals surface area contributed by atoms with Crippen molar-refractivity contribution < 1.29 is 0 Å². The van der Waals surface area contributed by atoms with Gasteiger partial charge in [-0.3, -0.25) is 0 Å². The Bertz CT molecular complexity index is 243. The number of hydrogen-bond donors (Lipinski definition) is 0. The summed E-state index contributed by atoms with van der Waals surface area (Å²) in [5.41, 5.74) is 1.93. The van der Waals surface area contributed by atoms with E-state index >= 15 is 0 Å². The van der Waals surface area contributed by atoms with Crippen LogP contribution >= 0.6 is 0 Å². The molecule has 80 valence electrons. The molecule has 1 aliphatic rings. The SMILES string of the molecule is CCC(C)/C=C/C1CC=C(C)C1(C)C. The summed E-state index contributed by atoms with van der Waals surface area (Å²) in [6, 6.07) is 0. The Labute approximate surface area is 89.1 Å². The molecule has 14 heavy (non-hydrogen) atoms. The van der Waals surface area contributed by atoms with Gasteiger partial charge in [0.1, 0.15) is 0 Å². The van der Waals surface area contributed by atoms with E-state index in [4.69, 9.17) is 0 Å². The summed E-state index contributed by atoms with van der Waals surface area (Å²) >= 11 is 0. The van der Waals surface area contributed by atoms with Crippen molar-refractivity contribution in [2.45, 2.75) is 47.5 Å². The zero-order valence-corrected chi connectivity index (χ0v) is 10.3. The fourth-order valence-corrected chi connectivity index (χ4v) is 1.93. The maximum absolute atomic E-state index is 2.43. The highest BCUT2D eigenvalue weighted by molar-refractivity contribution is 5.22. The Balaban J connectivity index is 2.61. The monoisotopic (exact) mass is 192 g/mol. The standard InChI is InChI=1S/C14H24/c1-6-11(2)7-9-13-10-8-12(3)14(13,4)5/h7-9,11,13H,6,10H2,1-5H3/b9-7+. The van der Waals surface area contributed by atoms with Crippen molar-refractivity contribution in [3.8, 4) is 0 Å². The van der Waals surface area contributed by atoms with E-state index in [1.54, 1.807) is 5.57 Å². The lowest BCUT2D eigenvalue weighted by Gasteiger charge is -2.27. The fraction of sp³-hybridized carbons (Fsp3) is 0.714. The Morgan fingerprint density at radius 1 is 1.57 bits per heavy atom. The summed E-state index contributed by atoms with van der Waals surface area (Å²) < 4.78 is 0. The molecule has 0 nitrogen and oxygen atoms in total. The summed E-state index contributed by atoms with van der Waals surface area (Å²) in [7, 11) is 0. The van der Waals surface area contributed by atoms with Crippen molar-refractivity contribution in [2.24, 2.45) is 17.3 Å². The zero-order valence-electron chi connectivity index (χ0n) is 10.3. The van der Waals surface area contributed by atoms with Gasteiger partial charge in [0.05, 0.1) is 0 Å². The lowest BCUT2D eigenvalue weighted by Crippen LogP contribution is -2.18. The molecule has 0 heterocycles. The third kappa shape index (κ3) is 2.29. The molecule has 0 heteroatoms. The Kier molecular flexibility index (Phi) is 3.58. The molecule has 1 aliphatic carbocycles. The van der Waals surface area contributed by atoms with E-state index in [9.17, 15) is 0 Å². The second-order valence-corrected chi connectivity index (χ2v) is 5.22. The van der Waals surface area contributed by atoms with Crippen molar-refractivity contribution in [2.75, 3.05) is 0 Å². The molecule has 2 atom stereocenters. The van der Waals surface area contributed by atoms with Crippen LogP contribution in [-0.2, 0) is 0 Å². The van der Waals surface area contributed by atoms with Crippen LogP contribution < -0.4 is 0 Å². The molecule has 0 N–H and O–H groups in total. The molecule has 0 radical (unpaired) electrons. The van der Waals surface area contributed by atoms with Gasteiger partial charge in [0.15, 0.2) is 0 Å². The first kappa shape index (κ1) is 11.6. The van der Waals surface area contributed by atoms with Gasteiger partial charge in [0.2, 0.25) is 0 Å². The van der Waals surface area contributed by atoms with Crippen LogP contribution in [0.1, 0.15) is 47.5 Å². The normalized spacial score (nSPS) is 28.1. The van der Waals surface area contributed by atoms with E-state index in [2.05, 4.69) is 52.8 Å². The van der Waals surface area contributed by atoms with Crippen LogP contribution in [0.25, 0.3) is 0 Å². The third-order valence-electron chi connectivity index (χ3n) is 3.94. The van der Waals surface area contributed by atoms with E-state index < -0.39 is 0 Å². The van der Waals surface area contributed by atoms with Crippen LogP contribution in [-0.4, -0.2) is 0 Å². The minimum absolute atomic E-state index is 0.379. The van der Waals surface area contributed by atoms with E-state index in [-0.39, 0.29) is 0 Å². The average Bonchev–Trinajstić information content (AvgIpc) is 2.39. The second kappa shape index (κ2) is 4.33. The quantitative estimate of drug-likeness (QED) is 0.574. The minimum Gasteiger partial charge on any atom is -0.0854 e. The van der Waals surface area contributed by atoms with Crippen LogP contribution in [0.5, 0.6) is 0 Å². The van der Waals surface area contributed by atoms with Crippen LogP contribution in [0.3, 0.4) is 0 Å². The molecule has 2 unspecified atom stereocenters. The number of rotatable bonds is 3. The highest BCUT2D eigenvalue weighted by Gasteiger charge is 2.32. The van der Waals surface area contributed by atoms with Gasteiger partial charge < -0.3 is 0 Å². The number of allylic oxidation sites excluding steroid dienone is 4. The van der Waals surface area contributed by atoms with Gasteiger partial charge in [-0.1, -0.05) is 57.9 Å². The molecule has 0 spiro atoms. The molecule has 0 aromatic carbocycles. The zero-order chi connectivity index (χ0) is 10.8. The Morgan fingerprint density at radius 3 is 2.64 bits per heavy atom. The second-order valence-electron chi connectivity index (χ2n) is 5.22. The van der Waals surface area contributed by atoms with Crippen molar-refractivity contribution >= 4 is 0 Å². The van der Waals surface area contributed by atoms with Gasteiger partial charge in [0, 0.05) is 0 Å². The van der Waals surface area contributed by atoms with Crippen molar-refractivity contribution in [1.29, 1.82) is 0 Å². The lowest BCUT2D eigenvalue weighted by molar-refractivity contribution is 0.350. The van der Waals surface area contributed by atoms with Gasteiger partial charge in [-0.25, -0.2) is 0 Å². The molecule has 0 amide bonds. The topological polar surface area (TPSA) is 0 Å². The van der Waals surface area contributed by atoms with Crippen molar-refractivity contribution in [3.63, 3.8) is 0 Å². The largest absolute Gasteiger partial charge is 0.0854 e. The first-order valence-electron chi connectivity index (χ1n) is 5.84. The van der Waals surface area contributed by atoms with Crippen molar-refractivity contribution in [1.82, 2.24) is 0 Å². The van der Waals surface area contributed by atoms with Gasteiger partial charge in [0.25, 0.3) is 0 Å². The third-order valence-corrected chi connectivity index (χ3v) is 3.94. The lowest BCUT2D eigenvalue weighted by atomic mass is 9.77. The molecule has 0 aromatic rings. The predicted octanol–water partition coefficient (Wildman–Crippen LogP) is 4.58. The van der Waals surface area contributed by atoms with E-state index in [1.165, 1.54) is 12.8 Å². The Morgan fingerprint density at radius 2 is 2.21 bits per heavy atom. The molecule has 0 aliphatic heterocycles. The van der Waals surface area contributed by atoms with Gasteiger partial charge in [-0.2, -0.15) is 0 Å². The molecule has 1 rings (SSSR count). The van der Waals surface area contributed by atoms with Crippen LogP contribution in [0.15, 0.2) is 23.8 Å².